The summed E-state index contributed by atoms with van der Waals surface area (Å²) in [6.07, 6.45) is 1.49. The number of hydrogen-bond acceptors (Lipinski definition) is 4. The van der Waals surface area contributed by atoms with Crippen molar-refractivity contribution in [1.29, 1.82) is 0 Å². The highest BCUT2D eigenvalue weighted by Gasteiger charge is 2.13. The first kappa shape index (κ1) is 17.8. The van der Waals surface area contributed by atoms with E-state index in [0.29, 0.717) is 29.0 Å². The van der Waals surface area contributed by atoms with Crippen molar-refractivity contribution in [2.75, 3.05) is 25.0 Å². The van der Waals surface area contributed by atoms with Crippen molar-refractivity contribution >= 4 is 35.1 Å². The highest BCUT2D eigenvalue weighted by Crippen LogP contribution is 2.21. The molecule has 0 spiro atoms. The first-order valence-corrected chi connectivity index (χ1v) is 7.39. The van der Waals surface area contributed by atoms with Gasteiger partial charge >= 0.3 is 6.03 Å². The summed E-state index contributed by atoms with van der Waals surface area (Å²) in [7, 11) is 0. The van der Waals surface area contributed by atoms with Gasteiger partial charge in [0.05, 0.1) is 10.0 Å². The molecule has 0 saturated carbocycles. The Kier molecular flexibility index (Phi) is 7.56. The summed E-state index contributed by atoms with van der Waals surface area (Å²) in [4.78, 5) is 15.7. The number of carbonyl (C=O) groups is 1. The molecule has 2 atom stereocenters. The van der Waals surface area contributed by atoms with Gasteiger partial charge in [-0.05, 0) is 18.9 Å². The number of urea groups is 1. The third-order valence-corrected chi connectivity index (χ3v) is 3.51. The van der Waals surface area contributed by atoms with E-state index in [1.807, 2.05) is 13.8 Å². The van der Waals surface area contributed by atoms with Gasteiger partial charge in [-0.1, -0.05) is 30.1 Å². The molecule has 0 aliphatic carbocycles. The molecule has 0 aromatic carbocycles. The molecule has 1 heterocycles. The van der Waals surface area contributed by atoms with Gasteiger partial charge in [0.1, 0.15) is 5.82 Å². The van der Waals surface area contributed by atoms with Crippen LogP contribution >= 0.6 is 23.2 Å². The van der Waals surface area contributed by atoms with Crippen LogP contribution in [0.4, 0.5) is 10.6 Å². The van der Waals surface area contributed by atoms with E-state index in [9.17, 15) is 4.79 Å². The van der Waals surface area contributed by atoms with Crippen molar-refractivity contribution in [3.05, 3.63) is 22.3 Å². The van der Waals surface area contributed by atoms with E-state index in [1.54, 1.807) is 6.07 Å². The fraction of sp³-hybridized carbons (Fsp3) is 0.538. The maximum Gasteiger partial charge on any atom is 0.315 e. The van der Waals surface area contributed by atoms with Crippen LogP contribution in [-0.4, -0.2) is 41.9 Å². The topological polar surface area (TPSA) is 86.3 Å². The van der Waals surface area contributed by atoms with Crippen molar-refractivity contribution in [2.45, 2.75) is 19.9 Å². The van der Waals surface area contributed by atoms with Crippen LogP contribution < -0.4 is 16.0 Å². The molecule has 0 aliphatic rings. The Labute approximate surface area is 134 Å². The smallest absolute Gasteiger partial charge is 0.315 e. The summed E-state index contributed by atoms with van der Waals surface area (Å²) in [5, 5.41) is 18.3. The molecule has 1 aromatic heterocycles. The average Bonchev–Trinajstić information content (AvgIpc) is 2.44. The maximum atomic E-state index is 11.6. The number of halogens is 2. The number of aliphatic hydroxyl groups is 1. The molecule has 0 fully saturated rings. The third kappa shape index (κ3) is 6.37. The minimum Gasteiger partial charge on any atom is -0.396 e. The Morgan fingerprint density at radius 1 is 1.38 bits per heavy atom. The summed E-state index contributed by atoms with van der Waals surface area (Å²) < 4.78 is 0. The molecule has 1 aromatic rings. The van der Waals surface area contributed by atoms with Crippen molar-refractivity contribution in [3.63, 3.8) is 0 Å². The Balaban J connectivity index is 2.26. The van der Waals surface area contributed by atoms with Gasteiger partial charge < -0.3 is 21.1 Å². The zero-order valence-corrected chi connectivity index (χ0v) is 13.5. The Bertz CT molecular complexity index is 473. The van der Waals surface area contributed by atoms with Crippen LogP contribution in [0.1, 0.15) is 13.8 Å². The molecule has 2 unspecified atom stereocenters. The van der Waals surface area contributed by atoms with Gasteiger partial charge in [0.15, 0.2) is 0 Å². The van der Waals surface area contributed by atoms with E-state index in [4.69, 9.17) is 28.3 Å². The summed E-state index contributed by atoms with van der Waals surface area (Å²) >= 11 is 11.7. The third-order valence-electron chi connectivity index (χ3n) is 3.01. The zero-order chi connectivity index (χ0) is 15.8. The lowest BCUT2D eigenvalue weighted by Gasteiger charge is -2.19. The number of anilines is 1. The predicted molar refractivity (Wildman–Crippen MR) is 85.0 cm³/mol. The van der Waals surface area contributed by atoms with Crippen LogP contribution in [0.25, 0.3) is 0 Å². The summed E-state index contributed by atoms with van der Waals surface area (Å²) in [6.45, 7) is 4.62. The highest BCUT2D eigenvalue weighted by atomic mass is 35.5. The second-order valence-corrected chi connectivity index (χ2v) is 5.60. The number of nitrogens with zero attached hydrogens (tertiary/aromatic N) is 1. The van der Waals surface area contributed by atoms with E-state index in [0.717, 1.165) is 0 Å². The lowest BCUT2D eigenvalue weighted by molar-refractivity contribution is 0.200. The fourth-order valence-electron chi connectivity index (χ4n) is 1.46. The van der Waals surface area contributed by atoms with Gasteiger partial charge in [-0.3, -0.25) is 0 Å². The molecule has 6 nitrogen and oxygen atoms in total. The molecule has 1 rings (SSSR count). The lowest BCUT2D eigenvalue weighted by atomic mass is 10.1. The van der Waals surface area contributed by atoms with Crippen LogP contribution in [-0.2, 0) is 0 Å². The Hall–Kier alpha value is -1.24. The molecular weight excluding hydrogens is 315 g/mol. The van der Waals surface area contributed by atoms with Crippen LogP contribution in [0.5, 0.6) is 0 Å². The molecule has 2 amide bonds. The molecule has 0 saturated heterocycles. The monoisotopic (exact) mass is 334 g/mol. The van der Waals surface area contributed by atoms with Crippen molar-refractivity contribution < 1.29 is 9.90 Å². The minimum absolute atomic E-state index is 0.00551. The van der Waals surface area contributed by atoms with E-state index in [2.05, 4.69) is 20.9 Å². The van der Waals surface area contributed by atoms with Crippen LogP contribution in [0, 0.1) is 5.92 Å². The molecule has 21 heavy (non-hydrogen) atoms. The van der Waals surface area contributed by atoms with Gasteiger partial charge in [0, 0.05) is 31.9 Å². The number of aromatic nitrogens is 1. The maximum absolute atomic E-state index is 11.6. The van der Waals surface area contributed by atoms with Crippen LogP contribution in [0.15, 0.2) is 12.3 Å². The molecule has 4 N–H and O–H groups in total. The Morgan fingerprint density at radius 3 is 2.71 bits per heavy atom. The predicted octanol–water partition coefficient (Wildman–Crippen LogP) is 2.12. The second kappa shape index (κ2) is 8.92. The highest BCUT2D eigenvalue weighted by molar-refractivity contribution is 6.35. The number of hydrogen-bond donors (Lipinski definition) is 4. The average molecular weight is 335 g/mol. The van der Waals surface area contributed by atoms with Gasteiger partial charge in [-0.25, -0.2) is 9.78 Å². The number of amides is 2. The largest absolute Gasteiger partial charge is 0.396 e. The normalized spacial score (nSPS) is 13.4. The second-order valence-electron chi connectivity index (χ2n) is 4.76. The van der Waals surface area contributed by atoms with Gasteiger partial charge in [0.25, 0.3) is 0 Å². The fourth-order valence-corrected chi connectivity index (χ4v) is 1.91. The van der Waals surface area contributed by atoms with E-state index in [1.165, 1.54) is 6.20 Å². The van der Waals surface area contributed by atoms with Crippen molar-refractivity contribution in [3.8, 4) is 0 Å². The number of aliphatic hydroxyl groups excluding tert-OH is 1. The zero-order valence-electron chi connectivity index (χ0n) is 12.0. The summed E-state index contributed by atoms with van der Waals surface area (Å²) in [5.74, 6) is 0.525. The lowest BCUT2D eigenvalue weighted by Crippen LogP contribution is -2.45. The van der Waals surface area contributed by atoms with Crippen LogP contribution in [0.2, 0.25) is 10.0 Å². The number of carbonyl (C=O) groups excluding carboxylic acids is 1. The molecule has 0 aliphatic heterocycles. The SMILES string of the molecule is CC(CO)C(C)NC(=O)NCCNc1ncc(Cl)cc1Cl. The molecule has 0 bridgehead atoms. The number of nitrogens with one attached hydrogen (secondary N) is 3. The molecule has 8 heteroatoms. The van der Waals surface area contributed by atoms with Crippen molar-refractivity contribution in [2.24, 2.45) is 5.92 Å². The summed E-state index contributed by atoms with van der Waals surface area (Å²) in [5.41, 5.74) is 0. The molecule has 118 valence electrons. The molecular formula is C13H20Cl2N4O2. The minimum atomic E-state index is -0.278. The number of rotatable bonds is 7. The first-order valence-electron chi connectivity index (χ1n) is 6.64. The molecule has 0 radical (unpaired) electrons. The van der Waals surface area contributed by atoms with E-state index in [-0.39, 0.29) is 24.6 Å². The standard InChI is InChI=1S/C13H20Cl2N4O2/c1-8(7-20)9(2)19-13(21)17-4-3-16-12-11(15)5-10(14)6-18-12/h5-6,8-9,20H,3-4,7H2,1-2H3,(H,16,18)(H2,17,19,21). The van der Waals surface area contributed by atoms with E-state index >= 15 is 0 Å². The van der Waals surface area contributed by atoms with Gasteiger partial charge in [0.2, 0.25) is 0 Å². The van der Waals surface area contributed by atoms with E-state index < -0.39 is 0 Å². The van der Waals surface area contributed by atoms with Gasteiger partial charge in [-0.15, -0.1) is 0 Å². The van der Waals surface area contributed by atoms with Crippen LogP contribution in [0.3, 0.4) is 0 Å². The quantitative estimate of drug-likeness (QED) is 0.575. The Morgan fingerprint density at radius 2 is 2.10 bits per heavy atom. The van der Waals surface area contributed by atoms with Gasteiger partial charge in [-0.2, -0.15) is 0 Å². The number of pyridine rings is 1. The summed E-state index contributed by atoms with van der Waals surface area (Å²) in [6, 6.07) is 1.21. The first-order chi connectivity index (χ1) is 9.93. The van der Waals surface area contributed by atoms with Crippen molar-refractivity contribution in [1.82, 2.24) is 15.6 Å².